The van der Waals surface area contributed by atoms with Crippen LogP contribution in [0.5, 0.6) is 0 Å². The molecule has 15 heavy (non-hydrogen) atoms. The molecule has 4 nitrogen and oxygen atoms in total. The topological polar surface area (TPSA) is 50.7 Å². The van der Waals surface area contributed by atoms with E-state index >= 15 is 0 Å². The molecule has 0 amide bonds. The molecule has 0 aromatic rings. The molecule has 0 spiro atoms. The van der Waals surface area contributed by atoms with Gasteiger partial charge < -0.3 is 19.9 Å². The van der Waals surface area contributed by atoms with Gasteiger partial charge in [0.15, 0.2) is 0 Å². The average Bonchev–Trinajstić information content (AvgIpc) is 2.66. The van der Waals surface area contributed by atoms with Crippen molar-refractivity contribution in [3.05, 3.63) is 0 Å². The van der Waals surface area contributed by atoms with Gasteiger partial charge in [0.1, 0.15) is 0 Å². The van der Waals surface area contributed by atoms with E-state index in [1.807, 2.05) is 0 Å². The lowest BCUT2D eigenvalue weighted by Crippen LogP contribution is -2.40. The molecule has 0 aromatic carbocycles. The van der Waals surface area contributed by atoms with Gasteiger partial charge in [-0.2, -0.15) is 0 Å². The summed E-state index contributed by atoms with van der Waals surface area (Å²) in [7, 11) is 0. The van der Waals surface area contributed by atoms with Gasteiger partial charge in [-0.05, 0) is 32.2 Å². The van der Waals surface area contributed by atoms with Crippen LogP contribution in [0.1, 0.15) is 25.7 Å². The fourth-order valence-corrected chi connectivity index (χ4v) is 2.20. The molecule has 2 saturated heterocycles. The Hall–Kier alpha value is -0.160. The van der Waals surface area contributed by atoms with Crippen LogP contribution in [0.2, 0.25) is 0 Å². The van der Waals surface area contributed by atoms with Gasteiger partial charge in [-0.15, -0.1) is 0 Å². The summed E-state index contributed by atoms with van der Waals surface area (Å²) in [6.45, 7) is 2.93. The summed E-state index contributed by atoms with van der Waals surface area (Å²) in [6, 6.07) is 0.119. The van der Waals surface area contributed by atoms with Crippen molar-refractivity contribution in [1.82, 2.24) is 5.32 Å². The average molecular weight is 215 g/mol. The molecule has 88 valence electrons. The predicted octanol–water partition coefficient (Wildman–Crippen LogP) is 0.295. The Balaban J connectivity index is 1.57. The molecule has 0 radical (unpaired) electrons. The summed E-state index contributed by atoms with van der Waals surface area (Å²) in [4.78, 5) is 0. The third kappa shape index (κ3) is 3.41. The van der Waals surface area contributed by atoms with Crippen LogP contribution in [0.15, 0.2) is 0 Å². The first kappa shape index (κ1) is 11.3. The van der Waals surface area contributed by atoms with Crippen LogP contribution in [-0.2, 0) is 9.47 Å². The standard InChI is InChI=1S/C11H21NO3/c13-11-8-14-7-10(11)12-5-4-9-3-1-2-6-15-9/h9-13H,1-8H2. The molecule has 0 saturated carbocycles. The predicted molar refractivity (Wildman–Crippen MR) is 56.8 cm³/mol. The van der Waals surface area contributed by atoms with Crippen molar-refractivity contribution in [3.63, 3.8) is 0 Å². The lowest BCUT2D eigenvalue weighted by atomic mass is 10.1. The van der Waals surface area contributed by atoms with Gasteiger partial charge in [0.2, 0.25) is 0 Å². The van der Waals surface area contributed by atoms with E-state index in [0.717, 1.165) is 19.6 Å². The number of aliphatic hydroxyl groups excluding tert-OH is 1. The van der Waals surface area contributed by atoms with Crippen molar-refractivity contribution in [1.29, 1.82) is 0 Å². The summed E-state index contributed by atoms with van der Waals surface area (Å²) in [5, 5.41) is 12.8. The monoisotopic (exact) mass is 215 g/mol. The molecular formula is C11H21NO3. The molecule has 0 aromatic heterocycles. The first-order valence-corrected chi connectivity index (χ1v) is 5.97. The molecule has 4 heteroatoms. The minimum Gasteiger partial charge on any atom is -0.389 e. The van der Waals surface area contributed by atoms with Crippen molar-refractivity contribution in [2.75, 3.05) is 26.4 Å². The number of nitrogens with one attached hydrogen (secondary N) is 1. The highest BCUT2D eigenvalue weighted by atomic mass is 16.5. The van der Waals surface area contributed by atoms with Gasteiger partial charge in [-0.3, -0.25) is 0 Å². The van der Waals surface area contributed by atoms with Crippen molar-refractivity contribution in [2.45, 2.75) is 43.9 Å². The Bertz CT molecular complexity index is 183. The molecule has 0 bridgehead atoms. The van der Waals surface area contributed by atoms with Crippen molar-refractivity contribution >= 4 is 0 Å². The number of aliphatic hydroxyl groups is 1. The fraction of sp³-hybridized carbons (Fsp3) is 1.00. The molecule has 2 aliphatic rings. The van der Waals surface area contributed by atoms with E-state index in [1.165, 1.54) is 19.3 Å². The van der Waals surface area contributed by atoms with Crippen LogP contribution >= 0.6 is 0 Å². The Morgan fingerprint density at radius 2 is 2.20 bits per heavy atom. The van der Waals surface area contributed by atoms with Crippen molar-refractivity contribution < 1.29 is 14.6 Å². The highest BCUT2D eigenvalue weighted by molar-refractivity contribution is 4.80. The largest absolute Gasteiger partial charge is 0.389 e. The summed E-state index contributed by atoms with van der Waals surface area (Å²) < 4.78 is 10.8. The molecule has 2 rings (SSSR count). The van der Waals surface area contributed by atoms with Gasteiger partial charge in [0.25, 0.3) is 0 Å². The maximum Gasteiger partial charge on any atom is 0.0948 e. The van der Waals surface area contributed by atoms with Crippen LogP contribution in [0.25, 0.3) is 0 Å². The maximum absolute atomic E-state index is 9.51. The third-order valence-corrected chi connectivity index (χ3v) is 3.20. The number of hydrogen-bond acceptors (Lipinski definition) is 4. The molecule has 2 N–H and O–H groups in total. The van der Waals surface area contributed by atoms with E-state index < -0.39 is 0 Å². The zero-order chi connectivity index (χ0) is 10.5. The minimum absolute atomic E-state index is 0.119. The van der Waals surface area contributed by atoms with Crippen LogP contribution < -0.4 is 5.32 Å². The first-order valence-electron chi connectivity index (χ1n) is 5.97. The highest BCUT2D eigenvalue weighted by Gasteiger charge is 2.25. The van der Waals surface area contributed by atoms with E-state index in [0.29, 0.717) is 19.3 Å². The number of ether oxygens (including phenoxy) is 2. The first-order chi connectivity index (χ1) is 7.36. The smallest absolute Gasteiger partial charge is 0.0948 e. The Labute approximate surface area is 90.9 Å². The third-order valence-electron chi connectivity index (χ3n) is 3.20. The maximum atomic E-state index is 9.51. The quantitative estimate of drug-likeness (QED) is 0.708. The SMILES string of the molecule is OC1COCC1NCCC1CCCCO1. The van der Waals surface area contributed by atoms with Gasteiger partial charge in [0.05, 0.1) is 31.5 Å². The normalized spacial score (nSPS) is 37.0. The molecule has 2 heterocycles. The summed E-state index contributed by atoms with van der Waals surface area (Å²) in [6.07, 6.45) is 4.82. The van der Waals surface area contributed by atoms with Crippen LogP contribution in [-0.4, -0.2) is 49.7 Å². The molecule has 3 atom stereocenters. The van der Waals surface area contributed by atoms with E-state index in [2.05, 4.69) is 5.32 Å². The second-order valence-corrected chi connectivity index (χ2v) is 4.44. The van der Waals surface area contributed by atoms with Gasteiger partial charge in [-0.25, -0.2) is 0 Å². The lowest BCUT2D eigenvalue weighted by Gasteiger charge is -2.23. The fourth-order valence-electron chi connectivity index (χ4n) is 2.20. The Morgan fingerprint density at radius 3 is 2.87 bits per heavy atom. The van der Waals surface area contributed by atoms with E-state index in [9.17, 15) is 5.11 Å². The summed E-state index contributed by atoms with van der Waals surface area (Å²) in [5.74, 6) is 0. The van der Waals surface area contributed by atoms with E-state index in [1.54, 1.807) is 0 Å². The second-order valence-electron chi connectivity index (χ2n) is 4.44. The van der Waals surface area contributed by atoms with Crippen LogP contribution in [0.3, 0.4) is 0 Å². The van der Waals surface area contributed by atoms with E-state index in [-0.39, 0.29) is 12.1 Å². The molecule has 0 aliphatic carbocycles. The number of hydrogen-bond donors (Lipinski definition) is 2. The number of rotatable bonds is 4. The Morgan fingerprint density at radius 1 is 1.27 bits per heavy atom. The molecule has 2 aliphatic heterocycles. The Kier molecular flexibility index (Phi) is 4.38. The highest BCUT2D eigenvalue weighted by Crippen LogP contribution is 2.15. The zero-order valence-corrected chi connectivity index (χ0v) is 9.15. The summed E-state index contributed by atoms with van der Waals surface area (Å²) in [5.41, 5.74) is 0. The summed E-state index contributed by atoms with van der Waals surface area (Å²) >= 11 is 0. The molecule has 2 fully saturated rings. The molecule has 3 unspecified atom stereocenters. The lowest BCUT2D eigenvalue weighted by molar-refractivity contribution is 0.0106. The van der Waals surface area contributed by atoms with Crippen LogP contribution in [0.4, 0.5) is 0 Å². The van der Waals surface area contributed by atoms with E-state index in [4.69, 9.17) is 9.47 Å². The van der Waals surface area contributed by atoms with Gasteiger partial charge in [0, 0.05) is 6.61 Å². The van der Waals surface area contributed by atoms with Gasteiger partial charge in [-0.1, -0.05) is 0 Å². The van der Waals surface area contributed by atoms with Crippen molar-refractivity contribution in [2.24, 2.45) is 0 Å². The van der Waals surface area contributed by atoms with Crippen LogP contribution in [0, 0.1) is 0 Å². The molecular weight excluding hydrogens is 194 g/mol. The van der Waals surface area contributed by atoms with Gasteiger partial charge >= 0.3 is 0 Å². The minimum atomic E-state index is -0.336. The van der Waals surface area contributed by atoms with Crippen molar-refractivity contribution in [3.8, 4) is 0 Å². The zero-order valence-electron chi connectivity index (χ0n) is 9.15. The second kappa shape index (κ2) is 5.80.